The summed E-state index contributed by atoms with van der Waals surface area (Å²) in [6.07, 6.45) is 3.68. The van der Waals surface area contributed by atoms with Gasteiger partial charge in [-0.05, 0) is 31.6 Å². The molecule has 3 nitrogen and oxygen atoms in total. The lowest BCUT2D eigenvalue weighted by molar-refractivity contribution is 0.0598. The number of ether oxygens (including phenoxy) is 1. The lowest BCUT2D eigenvalue weighted by Crippen LogP contribution is -2.20. The van der Waals surface area contributed by atoms with Crippen LogP contribution in [0.2, 0.25) is 0 Å². The summed E-state index contributed by atoms with van der Waals surface area (Å²) in [5, 5.41) is 0. The highest BCUT2D eigenvalue weighted by molar-refractivity contribution is 5.90. The lowest BCUT2D eigenvalue weighted by Gasteiger charge is -2.18. The minimum atomic E-state index is -0.257. The summed E-state index contributed by atoms with van der Waals surface area (Å²) < 4.78 is 4.80. The van der Waals surface area contributed by atoms with E-state index in [-0.39, 0.29) is 5.97 Å². The van der Waals surface area contributed by atoms with Crippen molar-refractivity contribution in [3.63, 3.8) is 0 Å². The Hall–Kier alpha value is -1.35. The SMILES string of the molecule is CCCCCN(C)Cc1ccccc1C(=O)OC. The molecule has 3 heteroatoms. The van der Waals surface area contributed by atoms with Gasteiger partial charge in [0.15, 0.2) is 0 Å². The van der Waals surface area contributed by atoms with E-state index in [0.717, 1.165) is 18.7 Å². The van der Waals surface area contributed by atoms with Crippen LogP contribution in [0, 0.1) is 0 Å². The van der Waals surface area contributed by atoms with E-state index in [0.29, 0.717) is 5.56 Å². The highest BCUT2D eigenvalue weighted by atomic mass is 16.5. The van der Waals surface area contributed by atoms with E-state index in [1.807, 2.05) is 24.3 Å². The van der Waals surface area contributed by atoms with Gasteiger partial charge < -0.3 is 9.64 Å². The molecule has 0 aliphatic carbocycles. The standard InChI is InChI=1S/C15H23NO2/c1-4-5-8-11-16(2)12-13-9-6-7-10-14(13)15(17)18-3/h6-7,9-10H,4-5,8,11-12H2,1-3H3. The molecule has 1 rings (SSSR count). The van der Waals surface area contributed by atoms with Crippen molar-refractivity contribution >= 4 is 5.97 Å². The number of methoxy groups -OCH3 is 1. The summed E-state index contributed by atoms with van der Waals surface area (Å²) in [6, 6.07) is 7.64. The first-order valence-corrected chi connectivity index (χ1v) is 6.53. The zero-order chi connectivity index (χ0) is 13.4. The minimum absolute atomic E-state index is 0.257. The third-order valence-corrected chi connectivity index (χ3v) is 3.01. The van der Waals surface area contributed by atoms with Crippen LogP contribution in [0.1, 0.15) is 42.1 Å². The van der Waals surface area contributed by atoms with Gasteiger partial charge >= 0.3 is 5.97 Å². The van der Waals surface area contributed by atoms with Crippen LogP contribution in [-0.4, -0.2) is 31.6 Å². The van der Waals surface area contributed by atoms with Crippen molar-refractivity contribution < 1.29 is 9.53 Å². The molecule has 18 heavy (non-hydrogen) atoms. The van der Waals surface area contributed by atoms with Crippen molar-refractivity contribution in [2.75, 3.05) is 20.7 Å². The molecule has 0 spiro atoms. The van der Waals surface area contributed by atoms with Crippen molar-refractivity contribution in [3.8, 4) is 0 Å². The Bertz CT molecular complexity index is 377. The average molecular weight is 249 g/mol. The van der Waals surface area contributed by atoms with Crippen LogP contribution < -0.4 is 0 Å². The molecule has 1 aromatic carbocycles. The Morgan fingerprint density at radius 3 is 2.67 bits per heavy atom. The topological polar surface area (TPSA) is 29.5 Å². The molecule has 0 atom stereocenters. The summed E-state index contributed by atoms with van der Waals surface area (Å²) in [4.78, 5) is 13.9. The molecular formula is C15H23NO2. The Morgan fingerprint density at radius 1 is 1.28 bits per heavy atom. The van der Waals surface area contributed by atoms with Gasteiger partial charge in [0.1, 0.15) is 0 Å². The predicted molar refractivity (Wildman–Crippen MR) is 73.6 cm³/mol. The van der Waals surface area contributed by atoms with Gasteiger partial charge in [0.25, 0.3) is 0 Å². The molecule has 0 N–H and O–H groups in total. The van der Waals surface area contributed by atoms with Crippen LogP contribution in [0.3, 0.4) is 0 Å². The predicted octanol–water partition coefficient (Wildman–Crippen LogP) is 3.10. The number of hydrogen-bond acceptors (Lipinski definition) is 3. The van der Waals surface area contributed by atoms with Crippen molar-refractivity contribution in [3.05, 3.63) is 35.4 Å². The lowest BCUT2D eigenvalue weighted by atomic mass is 10.1. The van der Waals surface area contributed by atoms with Gasteiger partial charge in [-0.3, -0.25) is 0 Å². The Labute approximate surface area is 110 Å². The van der Waals surface area contributed by atoms with Crippen LogP contribution in [0.5, 0.6) is 0 Å². The van der Waals surface area contributed by atoms with Gasteiger partial charge in [-0.15, -0.1) is 0 Å². The number of carbonyl (C=O) groups is 1. The van der Waals surface area contributed by atoms with Gasteiger partial charge in [0, 0.05) is 6.54 Å². The molecule has 0 fully saturated rings. The van der Waals surface area contributed by atoms with Crippen molar-refractivity contribution in [2.45, 2.75) is 32.7 Å². The quantitative estimate of drug-likeness (QED) is 0.549. The number of hydrogen-bond donors (Lipinski definition) is 0. The fourth-order valence-corrected chi connectivity index (χ4v) is 1.97. The van der Waals surface area contributed by atoms with Crippen LogP contribution in [0.15, 0.2) is 24.3 Å². The number of esters is 1. The normalized spacial score (nSPS) is 10.7. The molecule has 0 saturated carbocycles. The summed E-state index contributed by atoms with van der Waals surface area (Å²) in [7, 11) is 3.51. The third-order valence-electron chi connectivity index (χ3n) is 3.01. The Kier molecular flexibility index (Phi) is 6.44. The summed E-state index contributed by atoms with van der Waals surface area (Å²) in [5.41, 5.74) is 1.70. The molecular weight excluding hydrogens is 226 g/mol. The molecule has 1 aromatic rings. The van der Waals surface area contributed by atoms with Crippen molar-refractivity contribution in [1.29, 1.82) is 0 Å². The molecule has 0 aliphatic heterocycles. The molecule has 100 valence electrons. The second-order valence-electron chi connectivity index (χ2n) is 4.59. The van der Waals surface area contributed by atoms with Gasteiger partial charge in [0.2, 0.25) is 0 Å². The summed E-state index contributed by atoms with van der Waals surface area (Å²) >= 11 is 0. The van der Waals surface area contributed by atoms with Crippen LogP contribution >= 0.6 is 0 Å². The highest BCUT2D eigenvalue weighted by Crippen LogP contribution is 2.12. The molecule has 0 radical (unpaired) electrons. The maximum atomic E-state index is 11.6. The van der Waals surface area contributed by atoms with Crippen LogP contribution in [-0.2, 0) is 11.3 Å². The molecule has 0 unspecified atom stereocenters. The number of rotatable bonds is 7. The number of unbranched alkanes of at least 4 members (excludes halogenated alkanes) is 2. The minimum Gasteiger partial charge on any atom is -0.465 e. The van der Waals surface area contributed by atoms with E-state index in [2.05, 4.69) is 18.9 Å². The first-order chi connectivity index (χ1) is 8.69. The summed E-state index contributed by atoms with van der Waals surface area (Å²) in [6.45, 7) is 4.05. The van der Waals surface area contributed by atoms with E-state index in [9.17, 15) is 4.79 Å². The van der Waals surface area contributed by atoms with E-state index >= 15 is 0 Å². The third kappa shape index (κ3) is 4.49. The Balaban J connectivity index is 2.63. The number of nitrogens with zero attached hydrogens (tertiary/aromatic N) is 1. The number of carbonyl (C=O) groups excluding carboxylic acids is 1. The summed E-state index contributed by atoms with van der Waals surface area (Å²) in [5.74, 6) is -0.257. The molecule has 0 aliphatic rings. The molecule has 0 bridgehead atoms. The second-order valence-corrected chi connectivity index (χ2v) is 4.59. The van der Waals surface area contributed by atoms with E-state index in [4.69, 9.17) is 4.74 Å². The smallest absolute Gasteiger partial charge is 0.338 e. The number of benzene rings is 1. The van der Waals surface area contributed by atoms with Gasteiger partial charge in [-0.25, -0.2) is 4.79 Å². The zero-order valence-electron chi connectivity index (χ0n) is 11.6. The van der Waals surface area contributed by atoms with Crippen LogP contribution in [0.25, 0.3) is 0 Å². The van der Waals surface area contributed by atoms with Gasteiger partial charge in [0.05, 0.1) is 12.7 Å². The van der Waals surface area contributed by atoms with Crippen molar-refractivity contribution in [1.82, 2.24) is 4.90 Å². The molecule has 0 aromatic heterocycles. The molecule has 0 heterocycles. The average Bonchev–Trinajstić information content (AvgIpc) is 2.39. The Morgan fingerprint density at radius 2 is 2.00 bits per heavy atom. The van der Waals surface area contributed by atoms with Gasteiger partial charge in [-0.2, -0.15) is 0 Å². The first kappa shape index (κ1) is 14.7. The van der Waals surface area contributed by atoms with E-state index in [1.165, 1.54) is 26.4 Å². The fourth-order valence-electron chi connectivity index (χ4n) is 1.97. The monoisotopic (exact) mass is 249 g/mol. The highest BCUT2D eigenvalue weighted by Gasteiger charge is 2.11. The van der Waals surface area contributed by atoms with E-state index in [1.54, 1.807) is 0 Å². The zero-order valence-corrected chi connectivity index (χ0v) is 11.6. The fraction of sp³-hybridized carbons (Fsp3) is 0.533. The van der Waals surface area contributed by atoms with E-state index < -0.39 is 0 Å². The van der Waals surface area contributed by atoms with Gasteiger partial charge in [-0.1, -0.05) is 38.0 Å². The van der Waals surface area contributed by atoms with Crippen LogP contribution in [0.4, 0.5) is 0 Å². The molecule has 0 saturated heterocycles. The van der Waals surface area contributed by atoms with Crippen molar-refractivity contribution in [2.24, 2.45) is 0 Å². The maximum Gasteiger partial charge on any atom is 0.338 e. The largest absolute Gasteiger partial charge is 0.465 e. The molecule has 0 amide bonds. The second kappa shape index (κ2) is 7.88. The first-order valence-electron chi connectivity index (χ1n) is 6.53. The maximum absolute atomic E-state index is 11.6.